The molecule has 0 aliphatic carbocycles. The number of thiocarbonyl (C=S) groups is 1. The van der Waals surface area contributed by atoms with Crippen LogP contribution in [0.2, 0.25) is 0 Å². The van der Waals surface area contributed by atoms with Gasteiger partial charge in [-0.15, -0.1) is 0 Å². The number of amides is 1. The van der Waals surface area contributed by atoms with Gasteiger partial charge in [-0.05, 0) is 66.6 Å². The quantitative estimate of drug-likeness (QED) is 0.184. The van der Waals surface area contributed by atoms with Gasteiger partial charge >= 0.3 is 0 Å². The molecular weight excluding hydrogens is 505 g/mol. The Balaban J connectivity index is 1.48. The molecule has 1 fully saturated rings. The number of hydrogen-bond donors (Lipinski definition) is 0. The molecule has 0 atom stereocenters. The van der Waals surface area contributed by atoms with Gasteiger partial charge in [0.1, 0.15) is 15.9 Å². The van der Waals surface area contributed by atoms with Crippen molar-refractivity contribution in [1.29, 1.82) is 0 Å². The van der Waals surface area contributed by atoms with Crippen LogP contribution in [-0.2, 0) is 11.3 Å². The van der Waals surface area contributed by atoms with Crippen molar-refractivity contribution < 1.29 is 13.9 Å². The Morgan fingerprint density at radius 1 is 1.03 bits per heavy atom. The summed E-state index contributed by atoms with van der Waals surface area (Å²) < 4.78 is 21.3. The predicted molar refractivity (Wildman–Crippen MR) is 150 cm³/mol. The molecule has 8 heteroatoms. The Morgan fingerprint density at radius 2 is 1.76 bits per heavy atom. The topological polar surface area (TPSA) is 47.4 Å². The van der Waals surface area contributed by atoms with Crippen LogP contribution in [0.25, 0.3) is 23.0 Å². The standard InChI is InChI=1S/C29H24FN3O2S2/c1-2-16-35-25-14-10-21(11-15-25)27-22(19-33(31-27)24-6-4-3-5-7-24)17-26-28(34)32(29(36)37-26)18-20-8-12-23(30)13-9-20/h3-15,17,19H,2,16,18H2,1H3/b26-17-. The maximum absolute atomic E-state index is 13.3. The van der Waals surface area contributed by atoms with Crippen LogP contribution in [0.4, 0.5) is 4.39 Å². The highest BCUT2D eigenvalue weighted by Crippen LogP contribution is 2.36. The molecule has 1 amide bonds. The minimum atomic E-state index is -0.318. The summed E-state index contributed by atoms with van der Waals surface area (Å²) in [6, 6.07) is 23.7. The van der Waals surface area contributed by atoms with Crippen LogP contribution in [0.15, 0.2) is 90.0 Å². The van der Waals surface area contributed by atoms with Gasteiger partial charge in [-0.3, -0.25) is 9.69 Å². The predicted octanol–water partition coefficient (Wildman–Crippen LogP) is 6.87. The average Bonchev–Trinajstić information content (AvgIpc) is 3.46. The van der Waals surface area contributed by atoms with E-state index in [2.05, 4.69) is 6.92 Å². The van der Waals surface area contributed by atoms with Gasteiger partial charge in [-0.1, -0.05) is 61.2 Å². The number of aromatic nitrogens is 2. The molecule has 1 saturated heterocycles. The lowest BCUT2D eigenvalue weighted by Gasteiger charge is -2.14. The van der Waals surface area contributed by atoms with E-state index in [1.54, 1.807) is 17.0 Å². The third-order valence-corrected chi connectivity index (χ3v) is 7.16. The van der Waals surface area contributed by atoms with Gasteiger partial charge in [0, 0.05) is 17.3 Å². The van der Waals surface area contributed by atoms with E-state index in [-0.39, 0.29) is 18.3 Å². The van der Waals surface area contributed by atoms with Crippen molar-refractivity contribution in [1.82, 2.24) is 14.7 Å². The number of carbonyl (C=O) groups is 1. The van der Waals surface area contributed by atoms with Crippen LogP contribution in [0, 0.1) is 5.82 Å². The molecule has 4 aromatic rings. The van der Waals surface area contributed by atoms with Crippen LogP contribution in [-0.4, -0.2) is 31.5 Å². The largest absolute Gasteiger partial charge is 0.494 e. The van der Waals surface area contributed by atoms with Crippen molar-refractivity contribution in [3.8, 4) is 22.7 Å². The van der Waals surface area contributed by atoms with Crippen LogP contribution in [0.1, 0.15) is 24.5 Å². The Labute approximate surface area is 224 Å². The van der Waals surface area contributed by atoms with Crippen molar-refractivity contribution in [2.75, 3.05) is 6.61 Å². The second-order valence-electron chi connectivity index (χ2n) is 8.48. The molecule has 0 unspecified atom stereocenters. The lowest BCUT2D eigenvalue weighted by Crippen LogP contribution is -2.27. The fraction of sp³-hybridized carbons (Fsp3) is 0.138. The highest BCUT2D eigenvalue weighted by molar-refractivity contribution is 8.26. The highest BCUT2D eigenvalue weighted by Gasteiger charge is 2.32. The van der Waals surface area contributed by atoms with Crippen LogP contribution >= 0.6 is 24.0 Å². The van der Waals surface area contributed by atoms with Gasteiger partial charge in [0.25, 0.3) is 5.91 Å². The number of thioether (sulfide) groups is 1. The van der Waals surface area contributed by atoms with Gasteiger partial charge in [0.2, 0.25) is 0 Å². The van der Waals surface area contributed by atoms with E-state index in [4.69, 9.17) is 22.1 Å². The molecule has 0 saturated carbocycles. The molecule has 0 N–H and O–H groups in total. The molecule has 186 valence electrons. The minimum absolute atomic E-state index is 0.180. The zero-order chi connectivity index (χ0) is 25.8. The van der Waals surface area contributed by atoms with E-state index >= 15 is 0 Å². The van der Waals surface area contributed by atoms with E-state index in [0.29, 0.717) is 15.8 Å². The first-order valence-corrected chi connectivity index (χ1v) is 13.1. The second kappa shape index (κ2) is 11.1. The van der Waals surface area contributed by atoms with Crippen LogP contribution < -0.4 is 4.74 Å². The number of para-hydroxylation sites is 1. The molecule has 1 aromatic heterocycles. The Bertz CT molecular complexity index is 1450. The van der Waals surface area contributed by atoms with E-state index in [1.165, 1.54) is 23.9 Å². The van der Waals surface area contributed by atoms with Gasteiger partial charge in [0.15, 0.2) is 0 Å². The number of hydrogen-bond acceptors (Lipinski definition) is 5. The molecule has 1 aliphatic rings. The van der Waals surface area contributed by atoms with Gasteiger partial charge in [0.05, 0.1) is 29.4 Å². The van der Waals surface area contributed by atoms with Crippen molar-refractivity contribution in [2.45, 2.75) is 19.9 Å². The molecular formula is C29H24FN3O2S2. The number of ether oxygens (including phenoxy) is 1. The van der Waals surface area contributed by atoms with Crippen molar-refractivity contribution >= 4 is 40.3 Å². The minimum Gasteiger partial charge on any atom is -0.494 e. The first kappa shape index (κ1) is 24.9. The maximum Gasteiger partial charge on any atom is 0.266 e. The van der Waals surface area contributed by atoms with E-state index in [9.17, 15) is 9.18 Å². The number of benzene rings is 3. The van der Waals surface area contributed by atoms with Crippen molar-refractivity contribution in [3.05, 3.63) is 107 Å². The molecule has 0 radical (unpaired) electrons. The zero-order valence-corrected chi connectivity index (χ0v) is 21.8. The Kier molecular flexibility index (Phi) is 7.48. The van der Waals surface area contributed by atoms with E-state index < -0.39 is 0 Å². The van der Waals surface area contributed by atoms with E-state index in [1.807, 2.05) is 71.6 Å². The summed E-state index contributed by atoms with van der Waals surface area (Å²) in [5.41, 5.74) is 4.17. The van der Waals surface area contributed by atoms with Crippen molar-refractivity contribution in [2.24, 2.45) is 0 Å². The van der Waals surface area contributed by atoms with Crippen molar-refractivity contribution in [3.63, 3.8) is 0 Å². The smallest absolute Gasteiger partial charge is 0.266 e. The van der Waals surface area contributed by atoms with Gasteiger partial charge < -0.3 is 4.74 Å². The Morgan fingerprint density at radius 3 is 2.46 bits per heavy atom. The highest BCUT2D eigenvalue weighted by atomic mass is 32.2. The first-order valence-electron chi connectivity index (χ1n) is 11.9. The van der Waals surface area contributed by atoms with Crippen LogP contribution in [0.3, 0.4) is 0 Å². The normalized spacial score (nSPS) is 14.5. The maximum atomic E-state index is 13.3. The number of nitrogens with zero attached hydrogens (tertiary/aromatic N) is 3. The summed E-state index contributed by atoms with van der Waals surface area (Å²) in [6.07, 6.45) is 4.69. The van der Waals surface area contributed by atoms with E-state index in [0.717, 1.165) is 40.2 Å². The molecule has 2 heterocycles. The summed E-state index contributed by atoms with van der Waals surface area (Å²) in [6.45, 7) is 3.02. The number of halogens is 1. The number of rotatable bonds is 8. The summed E-state index contributed by atoms with van der Waals surface area (Å²) >= 11 is 6.77. The zero-order valence-electron chi connectivity index (χ0n) is 20.1. The SMILES string of the molecule is CCCOc1ccc(-c2nn(-c3ccccc3)cc2/C=C2\SC(=S)N(Cc3ccc(F)cc3)C2=O)cc1. The molecule has 0 spiro atoms. The molecule has 5 nitrogen and oxygen atoms in total. The third kappa shape index (κ3) is 5.65. The molecule has 3 aromatic carbocycles. The summed E-state index contributed by atoms with van der Waals surface area (Å²) in [4.78, 5) is 15.4. The molecule has 37 heavy (non-hydrogen) atoms. The summed E-state index contributed by atoms with van der Waals surface area (Å²) in [5, 5.41) is 4.85. The third-order valence-electron chi connectivity index (χ3n) is 5.78. The van der Waals surface area contributed by atoms with Crippen LogP contribution in [0.5, 0.6) is 5.75 Å². The fourth-order valence-electron chi connectivity index (χ4n) is 3.91. The lowest BCUT2D eigenvalue weighted by atomic mass is 10.1. The summed E-state index contributed by atoms with van der Waals surface area (Å²) in [5.74, 6) is 0.305. The second-order valence-corrected chi connectivity index (χ2v) is 10.2. The first-order chi connectivity index (χ1) is 18.0. The van der Waals surface area contributed by atoms with Gasteiger partial charge in [-0.25, -0.2) is 9.07 Å². The molecule has 1 aliphatic heterocycles. The molecule has 0 bridgehead atoms. The Hall–Kier alpha value is -3.75. The molecule has 5 rings (SSSR count). The lowest BCUT2D eigenvalue weighted by molar-refractivity contribution is -0.122. The monoisotopic (exact) mass is 529 g/mol. The average molecular weight is 530 g/mol. The van der Waals surface area contributed by atoms with Gasteiger partial charge in [-0.2, -0.15) is 5.10 Å². The summed E-state index contributed by atoms with van der Waals surface area (Å²) in [7, 11) is 0. The number of carbonyl (C=O) groups excluding carboxylic acids is 1. The fourth-order valence-corrected chi connectivity index (χ4v) is 5.16.